The average Bonchev–Trinajstić information content (AvgIpc) is 2.88. The maximum atomic E-state index is 12.6. The molecule has 1 aromatic heterocycles. The van der Waals surface area contributed by atoms with Crippen molar-refractivity contribution in [3.05, 3.63) is 16.1 Å². The number of hydrogen-bond donors (Lipinski definition) is 0. The molecule has 2 saturated heterocycles. The first kappa shape index (κ1) is 14.0. The summed E-state index contributed by atoms with van der Waals surface area (Å²) in [7, 11) is 2.19. The number of piperidine rings is 2. The van der Waals surface area contributed by atoms with Gasteiger partial charge in [-0.1, -0.05) is 0 Å². The molecule has 2 aliphatic rings. The Labute approximate surface area is 124 Å². The molecule has 0 radical (unpaired) electrons. The zero-order valence-electron chi connectivity index (χ0n) is 12.4. The van der Waals surface area contributed by atoms with E-state index in [2.05, 4.69) is 16.9 Å². The second-order valence-corrected chi connectivity index (χ2v) is 7.45. The van der Waals surface area contributed by atoms with E-state index in [-0.39, 0.29) is 5.91 Å². The van der Waals surface area contributed by atoms with Gasteiger partial charge in [-0.3, -0.25) is 4.79 Å². The molecule has 0 saturated carbocycles. The van der Waals surface area contributed by atoms with Crippen LogP contribution in [0.25, 0.3) is 0 Å². The summed E-state index contributed by atoms with van der Waals surface area (Å²) < 4.78 is 0. The Morgan fingerprint density at radius 3 is 2.70 bits per heavy atom. The van der Waals surface area contributed by atoms with Gasteiger partial charge < -0.3 is 9.80 Å². The van der Waals surface area contributed by atoms with E-state index in [1.807, 2.05) is 17.2 Å². The molecule has 0 aliphatic carbocycles. The van der Waals surface area contributed by atoms with E-state index < -0.39 is 0 Å². The summed E-state index contributed by atoms with van der Waals surface area (Å²) in [6.07, 6.45) is 4.87. The normalized spacial score (nSPS) is 23.2. The fourth-order valence-corrected chi connectivity index (χ4v) is 4.09. The monoisotopic (exact) mass is 293 g/mol. The van der Waals surface area contributed by atoms with Crippen LogP contribution in [0, 0.1) is 12.3 Å². The van der Waals surface area contributed by atoms with Gasteiger partial charge in [0.05, 0.1) is 5.01 Å². The van der Waals surface area contributed by atoms with Gasteiger partial charge in [-0.25, -0.2) is 4.98 Å². The number of amides is 1. The summed E-state index contributed by atoms with van der Waals surface area (Å²) in [6.45, 7) is 6.11. The minimum atomic E-state index is 0.132. The molecule has 2 aliphatic heterocycles. The molecular weight excluding hydrogens is 270 g/mol. The fourth-order valence-electron chi connectivity index (χ4n) is 3.51. The maximum Gasteiger partial charge on any atom is 0.273 e. The zero-order valence-corrected chi connectivity index (χ0v) is 13.2. The Kier molecular flexibility index (Phi) is 3.82. The molecule has 1 spiro atoms. The smallest absolute Gasteiger partial charge is 0.273 e. The van der Waals surface area contributed by atoms with Gasteiger partial charge in [-0.2, -0.15) is 0 Å². The van der Waals surface area contributed by atoms with Crippen LogP contribution in [0.3, 0.4) is 0 Å². The van der Waals surface area contributed by atoms with Crippen LogP contribution in [0.2, 0.25) is 0 Å². The van der Waals surface area contributed by atoms with Crippen LogP contribution >= 0.6 is 11.3 Å². The molecule has 1 amide bonds. The minimum absolute atomic E-state index is 0.132. The summed E-state index contributed by atoms with van der Waals surface area (Å²) in [6, 6.07) is 0. The lowest BCUT2D eigenvalue weighted by Gasteiger charge is -2.47. The van der Waals surface area contributed by atoms with Gasteiger partial charge in [-0.05, 0) is 58.2 Å². The van der Waals surface area contributed by atoms with Crippen LogP contribution in [0.5, 0.6) is 0 Å². The van der Waals surface area contributed by atoms with Crippen molar-refractivity contribution in [3.63, 3.8) is 0 Å². The van der Waals surface area contributed by atoms with E-state index in [0.717, 1.165) is 37.6 Å². The molecule has 0 aromatic carbocycles. The van der Waals surface area contributed by atoms with Crippen molar-refractivity contribution in [2.75, 3.05) is 33.2 Å². The quantitative estimate of drug-likeness (QED) is 0.798. The molecule has 5 heteroatoms. The number of rotatable bonds is 1. The third-order valence-corrected chi connectivity index (χ3v) is 5.61. The molecule has 3 rings (SSSR count). The first-order valence-electron chi connectivity index (χ1n) is 7.48. The van der Waals surface area contributed by atoms with Crippen LogP contribution in [-0.2, 0) is 0 Å². The van der Waals surface area contributed by atoms with E-state index in [0.29, 0.717) is 11.1 Å². The summed E-state index contributed by atoms with van der Waals surface area (Å²) >= 11 is 1.56. The molecule has 110 valence electrons. The Morgan fingerprint density at radius 1 is 1.30 bits per heavy atom. The Morgan fingerprint density at radius 2 is 2.05 bits per heavy atom. The number of likely N-dealkylation sites (tertiary alicyclic amines) is 2. The predicted octanol–water partition coefficient (Wildman–Crippen LogP) is 2.40. The van der Waals surface area contributed by atoms with Gasteiger partial charge in [0, 0.05) is 18.5 Å². The Hall–Kier alpha value is -0.940. The van der Waals surface area contributed by atoms with Gasteiger partial charge in [0.2, 0.25) is 0 Å². The topological polar surface area (TPSA) is 36.4 Å². The number of aryl methyl sites for hydroxylation is 1. The molecule has 20 heavy (non-hydrogen) atoms. The average molecular weight is 293 g/mol. The van der Waals surface area contributed by atoms with Crippen molar-refractivity contribution < 1.29 is 4.79 Å². The van der Waals surface area contributed by atoms with Gasteiger partial charge in [-0.15, -0.1) is 11.3 Å². The fraction of sp³-hybridized carbons (Fsp3) is 0.733. The highest BCUT2D eigenvalue weighted by Crippen LogP contribution is 2.39. The molecule has 1 aromatic rings. The van der Waals surface area contributed by atoms with Gasteiger partial charge in [0.1, 0.15) is 5.69 Å². The number of carbonyl (C=O) groups is 1. The minimum Gasteiger partial charge on any atom is -0.337 e. The number of aromatic nitrogens is 1. The first-order chi connectivity index (χ1) is 9.58. The van der Waals surface area contributed by atoms with E-state index in [1.165, 1.54) is 19.3 Å². The lowest BCUT2D eigenvalue weighted by molar-refractivity contribution is 0.0258. The maximum absolute atomic E-state index is 12.6. The highest BCUT2D eigenvalue weighted by atomic mass is 32.1. The van der Waals surface area contributed by atoms with Crippen LogP contribution in [0.15, 0.2) is 5.38 Å². The van der Waals surface area contributed by atoms with Gasteiger partial charge in [0.15, 0.2) is 0 Å². The number of hydrogen-bond acceptors (Lipinski definition) is 4. The van der Waals surface area contributed by atoms with E-state index in [1.54, 1.807) is 11.3 Å². The van der Waals surface area contributed by atoms with Gasteiger partial charge >= 0.3 is 0 Å². The molecule has 0 atom stereocenters. The number of thiazole rings is 1. The summed E-state index contributed by atoms with van der Waals surface area (Å²) in [4.78, 5) is 21.4. The van der Waals surface area contributed by atoms with Gasteiger partial charge in [0.25, 0.3) is 5.91 Å². The summed E-state index contributed by atoms with van der Waals surface area (Å²) in [5.41, 5.74) is 1.00. The van der Waals surface area contributed by atoms with E-state index >= 15 is 0 Å². The van der Waals surface area contributed by atoms with Crippen molar-refractivity contribution in [2.45, 2.75) is 32.6 Å². The van der Waals surface area contributed by atoms with Crippen molar-refractivity contribution >= 4 is 17.2 Å². The highest BCUT2D eigenvalue weighted by Gasteiger charge is 2.39. The standard InChI is InChI=1S/C15H23N3OS/c1-12-16-13(10-20-12)14(19)18-7-3-4-15(11-18)5-8-17(2)9-6-15/h10H,3-9,11H2,1-2H3. The largest absolute Gasteiger partial charge is 0.337 e. The Balaban J connectivity index is 1.70. The van der Waals surface area contributed by atoms with E-state index in [9.17, 15) is 4.79 Å². The molecule has 0 bridgehead atoms. The second kappa shape index (κ2) is 5.45. The van der Waals surface area contributed by atoms with E-state index in [4.69, 9.17) is 0 Å². The van der Waals surface area contributed by atoms with Crippen LogP contribution < -0.4 is 0 Å². The molecule has 0 unspecified atom stereocenters. The summed E-state index contributed by atoms with van der Waals surface area (Å²) in [5.74, 6) is 0.132. The molecule has 0 N–H and O–H groups in total. The third kappa shape index (κ3) is 2.74. The van der Waals surface area contributed by atoms with Crippen LogP contribution in [0.1, 0.15) is 41.2 Å². The van der Waals surface area contributed by atoms with Crippen LogP contribution in [0.4, 0.5) is 0 Å². The Bertz CT molecular complexity index is 491. The third-order valence-electron chi connectivity index (χ3n) is 4.83. The lowest BCUT2D eigenvalue weighted by Crippen LogP contribution is -2.50. The number of carbonyl (C=O) groups excluding carboxylic acids is 1. The van der Waals surface area contributed by atoms with Crippen LogP contribution in [-0.4, -0.2) is 53.9 Å². The summed E-state index contributed by atoms with van der Waals surface area (Å²) in [5, 5.41) is 2.87. The highest BCUT2D eigenvalue weighted by molar-refractivity contribution is 7.09. The number of nitrogens with zero attached hydrogens (tertiary/aromatic N) is 3. The lowest BCUT2D eigenvalue weighted by atomic mass is 9.72. The van der Waals surface area contributed by atoms with Crippen molar-refractivity contribution in [2.24, 2.45) is 5.41 Å². The zero-order chi connectivity index (χ0) is 14.2. The molecule has 4 nitrogen and oxygen atoms in total. The second-order valence-electron chi connectivity index (χ2n) is 6.39. The molecular formula is C15H23N3OS. The van der Waals surface area contributed by atoms with Crippen molar-refractivity contribution in [1.29, 1.82) is 0 Å². The molecule has 2 fully saturated rings. The SMILES string of the molecule is Cc1nc(C(=O)N2CCCC3(CCN(C)CC3)C2)cs1. The van der Waals surface area contributed by atoms with Crippen molar-refractivity contribution in [1.82, 2.24) is 14.8 Å². The predicted molar refractivity (Wildman–Crippen MR) is 81.2 cm³/mol. The van der Waals surface area contributed by atoms with Crippen molar-refractivity contribution in [3.8, 4) is 0 Å². The molecule has 3 heterocycles. The first-order valence-corrected chi connectivity index (χ1v) is 8.36.